The number of methoxy groups -OCH3 is 5. The molecule has 24 nitrogen and oxygen atoms in total. The molecule has 582 valence electrons. The molecule has 6 aromatic rings. The van der Waals surface area contributed by atoms with E-state index in [9.17, 15) is 14.9 Å². The molecular weight excluding hydrogens is 1530 g/mol. The standard InChI is InChI=1S/C15H23N3O3.2C15H25N3O.C14H12ClN3O3.C13H21N3O.C2H5I.4H2S/c1-3-17(13-4-6-14(7-5-13)18(19)20)15-8-9-16(12-15)10-11-21-2;2*1-3-18(14-6-4-13(16)5-7-14)15-8-9-17(12-15)10-11-19-2;1-3-12(19)17-9-5-4-6-10(7-9)21-13-11(20-2)8-16-14(15)18-13;1-17-9-8-16-7-6-13(10-16)15-12-4-2-11(14)3-5-12;1-2-3;;;;/h4-7,15H,3,8-12H2,1-2H3;2*4-7,15H,3,8-12,16H2,1-2H3;3-8H,1H2,2H3,(H,17,19);2-5,13,15H,6-10,14H2,1H3;2H2,1H3;4*1H2/t3*15-;;13-;;;;;/m000.0...../s1. The van der Waals surface area contributed by atoms with E-state index < -0.39 is 0 Å². The number of likely N-dealkylation sites (tertiary alicyclic amines) is 4. The van der Waals surface area contributed by atoms with Gasteiger partial charge < -0.3 is 71.0 Å². The number of likely N-dealkylation sites (N-methyl/N-ethyl adjacent to an activating group) is 3. The number of hydrogen-bond acceptors (Lipinski definition) is 22. The summed E-state index contributed by atoms with van der Waals surface area (Å²) in [6.07, 6.45) is 7.35. The topological polar surface area (TPSA) is 266 Å². The third kappa shape index (κ3) is 34.3. The first-order chi connectivity index (χ1) is 48.4. The average molecular weight is 1650 g/mol. The highest BCUT2D eigenvalue weighted by atomic mass is 127. The Labute approximate surface area is 665 Å². The minimum atomic E-state index is -0.359. The first kappa shape index (κ1) is 96.1. The van der Waals surface area contributed by atoms with Gasteiger partial charge in [0.05, 0.1) is 44.7 Å². The van der Waals surface area contributed by atoms with Crippen molar-refractivity contribution in [2.24, 2.45) is 0 Å². The highest BCUT2D eigenvalue weighted by Gasteiger charge is 2.30. The predicted octanol–water partition coefficient (Wildman–Crippen LogP) is 12.1. The lowest BCUT2D eigenvalue weighted by Crippen LogP contribution is -2.38. The number of amides is 1. The summed E-state index contributed by atoms with van der Waals surface area (Å²) >= 11 is 8.02. The van der Waals surface area contributed by atoms with Gasteiger partial charge in [-0.15, -0.1) is 0 Å². The quantitative estimate of drug-likeness (QED) is 0.00555. The van der Waals surface area contributed by atoms with Crippen LogP contribution in [0.2, 0.25) is 5.28 Å². The molecule has 30 heteroatoms. The number of halogens is 2. The Hall–Kier alpha value is -5.91. The first-order valence-corrected chi connectivity index (χ1v) is 36.4. The van der Waals surface area contributed by atoms with Crippen molar-refractivity contribution in [3.63, 3.8) is 0 Å². The molecule has 4 atom stereocenters. The summed E-state index contributed by atoms with van der Waals surface area (Å²) in [4.78, 5) is 46.5. The van der Waals surface area contributed by atoms with Gasteiger partial charge in [0.15, 0.2) is 5.75 Å². The number of nitrogen functional groups attached to an aromatic ring is 3. The molecule has 1 aromatic heterocycles. The van der Waals surface area contributed by atoms with Crippen LogP contribution >= 0.6 is 88.2 Å². The number of alkyl halides is 1. The van der Waals surface area contributed by atoms with Gasteiger partial charge in [-0.3, -0.25) is 34.5 Å². The summed E-state index contributed by atoms with van der Waals surface area (Å²) < 4.78 is 32.4. The molecule has 8 N–H and O–H groups in total. The van der Waals surface area contributed by atoms with Crippen molar-refractivity contribution in [3.8, 4) is 17.4 Å². The second-order valence-electron chi connectivity index (χ2n) is 24.2. The molecule has 4 fully saturated rings. The van der Waals surface area contributed by atoms with E-state index >= 15 is 0 Å². The van der Waals surface area contributed by atoms with Gasteiger partial charge in [-0.2, -0.15) is 59.0 Å². The SMILES string of the molecule is C=CC(=O)Nc1cccc(Oc2nc(Cl)ncc2OC)c1.CCI.CCN(c1ccc(N)cc1)[C@H]1CCN(CCOC)C1.CCN(c1ccc(N)cc1)[C@H]1CCN(CCOC)C1.CCN(c1ccc([N+](=O)[O-])cc1)[C@H]1CCN(CCOC)C1.COCCN1CC[C@H](Nc2ccc(N)cc2)C1.S.S.S.S. The zero-order valence-corrected chi connectivity index (χ0v) is 69.2. The van der Waals surface area contributed by atoms with Gasteiger partial charge in [0.25, 0.3) is 11.6 Å². The fraction of sp³-hybridized carbons (Fsp3) is 0.500. The molecule has 0 radical (unpaired) electrons. The lowest BCUT2D eigenvalue weighted by molar-refractivity contribution is -0.384. The maximum atomic E-state index is 11.3. The monoisotopic (exact) mass is 1650 g/mol. The first-order valence-electron chi connectivity index (χ1n) is 34.5. The number of carbonyl (C=O) groups is 1. The smallest absolute Gasteiger partial charge is 0.269 e. The highest BCUT2D eigenvalue weighted by Crippen LogP contribution is 2.32. The van der Waals surface area contributed by atoms with Crippen molar-refractivity contribution in [3.05, 3.63) is 156 Å². The van der Waals surface area contributed by atoms with E-state index in [0.717, 1.165) is 146 Å². The van der Waals surface area contributed by atoms with Crippen molar-refractivity contribution in [1.82, 2.24) is 29.6 Å². The predicted molar refractivity (Wildman–Crippen MR) is 460 cm³/mol. The molecule has 0 saturated carbocycles. The minimum Gasteiger partial charge on any atom is -0.490 e. The number of rotatable bonds is 29. The number of non-ortho nitro benzene ring substituents is 1. The number of carbonyl (C=O) groups excluding carboxylic acids is 1. The number of nitro groups is 1. The lowest BCUT2D eigenvalue weighted by Gasteiger charge is -2.30. The second kappa shape index (κ2) is 54.6. The van der Waals surface area contributed by atoms with Crippen LogP contribution in [-0.4, -0.2) is 229 Å². The Morgan fingerprint density at radius 1 is 0.606 bits per heavy atom. The van der Waals surface area contributed by atoms with Crippen LogP contribution in [0.15, 0.2) is 140 Å². The molecule has 4 saturated heterocycles. The van der Waals surface area contributed by atoms with Gasteiger partial charge in [-0.25, -0.2) is 4.98 Å². The molecule has 0 unspecified atom stereocenters. The molecule has 4 aliphatic rings. The van der Waals surface area contributed by atoms with Crippen LogP contribution in [0.4, 0.5) is 51.2 Å². The van der Waals surface area contributed by atoms with Crippen LogP contribution in [0.25, 0.3) is 0 Å². The number of hydrogen-bond donors (Lipinski definition) is 5. The Balaban J connectivity index is 0.000000638. The Bertz CT molecular complexity index is 3190. The van der Waals surface area contributed by atoms with E-state index in [2.05, 4.69) is 136 Å². The van der Waals surface area contributed by atoms with Crippen LogP contribution in [0.3, 0.4) is 0 Å². The largest absolute Gasteiger partial charge is 0.490 e. The molecule has 5 heterocycles. The van der Waals surface area contributed by atoms with Crippen LogP contribution in [0, 0.1) is 10.1 Å². The Morgan fingerprint density at radius 3 is 1.37 bits per heavy atom. The highest BCUT2D eigenvalue weighted by molar-refractivity contribution is 14.1. The molecule has 0 spiro atoms. The van der Waals surface area contributed by atoms with E-state index in [4.69, 9.17) is 57.2 Å². The zero-order valence-electron chi connectivity index (χ0n) is 62.3. The van der Waals surface area contributed by atoms with E-state index in [-0.39, 0.29) is 81.7 Å². The number of anilines is 8. The maximum Gasteiger partial charge on any atom is 0.269 e. The summed E-state index contributed by atoms with van der Waals surface area (Å²) in [5, 5.41) is 16.9. The number of aromatic nitrogens is 2. The third-order valence-electron chi connectivity index (χ3n) is 17.3. The fourth-order valence-corrected chi connectivity index (χ4v) is 12.3. The molecule has 1 amide bonds. The number of ether oxygens (including phenoxy) is 6. The number of nitrogens with two attached hydrogens (primary N) is 3. The van der Waals surface area contributed by atoms with Gasteiger partial charge in [0, 0.05) is 214 Å². The van der Waals surface area contributed by atoms with Crippen molar-refractivity contribution in [2.75, 3.05) is 207 Å². The molecule has 104 heavy (non-hydrogen) atoms. The number of nitro benzene ring substituents is 1. The summed E-state index contributed by atoms with van der Waals surface area (Å²) in [5.41, 5.74) is 25.1. The summed E-state index contributed by atoms with van der Waals surface area (Å²) in [7, 11) is 8.48. The van der Waals surface area contributed by atoms with Gasteiger partial charge in [-0.05, 0) is 166 Å². The third-order valence-corrected chi connectivity index (χ3v) is 17.5. The van der Waals surface area contributed by atoms with Gasteiger partial charge in [0.1, 0.15) is 5.75 Å². The molecule has 5 aromatic carbocycles. The van der Waals surface area contributed by atoms with Gasteiger partial charge in [-0.1, -0.05) is 42.2 Å². The average Bonchev–Trinajstić information content (AvgIpc) is 1.76. The van der Waals surface area contributed by atoms with Crippen LogP contribution < -0.4 is 52.0 Å². The fourth-order valence-electron chi connectivity index (χ4n) is 12.2. The number of nitrogens with one attached hydrogen (secondary N) is 2. The van der Waals surface area contributed by atoms with Gasteiger partial charge >= 0.3 is 0 Å². The Kier molecular flexibility index (Phi) is 50.5. The van der Waals surface area contributed by atoms with E-state index in [1.807, 2.05) is 60.7 Å². The molecule has 4 aliphatic heterocycles. The van der Waals surface area contributed by atoms with E-state index in [1.54, 1.807) is 64.8 Å². The second-order valence-corrected chi connectivity index (χ2v) is 26.0. The molecule has 10 rings (SSSR count). The normalized spacial score (nSPS) is 16.6. The van der Waals surface area contributed by atoms with Gasteiger partial charge in [0.2, 0.25) is 11.2 Å². The maximum absolute atomic E-state index is 11.3. The Morgan fingerprint density at radius 2 is 0.990 bits per heavy atom. The molecular formula is C74H119ClIN15O9S4. The van der Waals surface area contributed by atoms with E-state index in [1.165, 1.54) is 67.5 Å². The molecule has 0 aliphatic carbocycles. The van der Waals surface area contributed by atoms with Crippen molar-refractivity contribution in [1.29, 1.82) is 0 Å². The van der Waals surface area contributed by atoms with E-state index in [0.29, 0.717) is 41.4 Å². The lowest BCUT2D eigenvalue weighted by atomic mass is 10.2. The van der Waals surface area contributed by atoms with Crippen molar-refractivity contribution in [2.45, 2.75) is 77.5 Å². The summed E-state index contributed by atoms with van der Waals surface area (Å²) in [5.74, 6) is 0.685. The molecule has 0 bridgehead atoms. The minimum absolute atomic E-state index is 0. The number of benzene rings is 5. The van der Waals surface area contributed by atoms with Crippen LogP contribution in [-0.2, 0) is 23.7 Å². The zero-order chi connectivity index (χ0) is 72.6. The van der Waals surface area contributed by atoms with Crippen LogP contribution in [0.1, 0.15) is 53.4 Å². The summed E-state index contributed by atoms with van der Waals surface area (Å²) in [6.45, 7) is 31.2. The van der Waals surface area contributed by atoms with Crippen molar-refractivity contribution >= 4 is 145 Å². The number of nitrogens with zero attached hydrogens (tertiary/aromatic N) is 10. The van der Waals surface area contributed by atoms with Crippen molar-refractivity contribution < 1.29 is 38.1 Å². The van der Waals surface area contributed by atoms with Crippen LogP contribution in [0.5, 0.6) is 17.4 Å². The summed E-state index contributed by atoms with van der Waals surface area (Å²) in [6, 6.07) is 40.2.